The minimum Gasteiger partial charge on any atom is -0.483 e. The second-order valence-corrected chi connectivity index (χ2v) is 11.9. The molecule has 0 aliphatic rings. The fourth-order valence-electron chi connectivity index (χ4n) is 4.98. The Balaban J connectivity index is 0.000000719. The average Bonchev–Trinajstić information content (AvgIpc) is 2.93. The van der Waals surface area contributed by atoms with Crippen LogP contribution in [0.3, 0.4) is 0 Å². The molecule has 5 nitrogen and oxygen atoms in total. The van der Waals surface area contributed by atoms with Crippen LogP contribution in [0.4, 0.5) is 5.69 Å². The minimum atomic E-state index is -0.500. The third-order valence-electron chi connectivity index (χ3n) is 7.35. The van der Waals surface area contributed by atoms with E-state index in [-0.39, 0.29) is 12.4 Å². The van der Waals surface area contributed by atoms with Crippen LogP contribution in [-0.2, 0) is 11.2 Å². The first kappa shape index (κ1) is 35.0. The predicted octanol–water partition coefficient (Wildman–Crippen LogP) is 9.16. The zero-order valence-corrected chi connectivity index (χ0v) is 27.3. The summed E-state index contributed by atoms with van der Waals surface area (Å²) in [4.78, 5) is 21.7. The summed E-state index contributed by atoms with van der Waals surface area (Å²) in [5, 5.41) is 18.7. The van der Waals surface area contributed by atoms with E-state index in [9.17, 15) is 4.79 Å². The molecule has 0 aliphatic heterocycles. The zero-order valence-electron chi connectivity index (χ0n) is 27.3. The molecule has 4 aromatic carbocycles. The van der Waals surface area contributed by atoms with Gasteiger partial charge >= 0.3 is 0 Å². The molecule has 5 heteroatoms. The Kier molecular flexibility index (Phi) is 12.5. The summed E-state index contributed by atoms with van der Waals surface area (Å²) in [5.41, 5.74) is 14.5. The Morgan fingerprint density at radius 3 is 1.60 bits per heavy atom. The Bertz CT molecular complexity index is 1560. The van der Waals surface area contributed by atoms with Gasteiger partial charge in [-0.25, -0.2) is 0 Å². The number of aryl methyl sites for hydroxylation is 4. The zero-order chi connectivity index (χ0) is 32.5. The van der Waals surface area contributed by atoms with E-state index in [0.717, 1.165) is 28.8 Å². The lowest BCUT2D eigenvalue weighted by atomic mass is 9.82. The lowest BCUT2D eigenvalue weighted by Gasteiger charge is -2.25. The Labute approximate surface area is 257 Å². The van der Waals surface area contributed by atoms with Gasteiger partial charge in [-0.2, -0.15) is 0 Å². The van der Waals surface area contributed by atoms with E-state index < -0.39 is 5.60 Å². The van der Waals surface area contributed by atoms with Gasteiger partial charge in [-0.15, -0.1) is 0 Å². The fourth-order valence-corrected chi connectivity index (χ4v) is 4.98. The van der Waals surface area contributed by atoms with Crippen molar-refractivity contribution in [2.45, 2.75) is 81.3 Å². The SMILES string of the molecule is CC(C)(C)O.CCc1c(C)c(NC(=O)c2ccccc2)c(-c2ccc(C)c(C)c2)c(C)c1-c1ccc(C)c(C)c1.O=CO. The highest BCUT2D eigenvalue weighted by Gasteiger charge is 2.23. The Hall–Kier alpha value is -4.22. The number of rotatable bonds is 5. The molecule has 4 aromatic rings. The summed E-state index contributed by atoms with van der Waals surface area (Å²) in [6, 6.07) is 22.8. The van der Waals surface area contributed by atoms with E-state index in [2.05, 4.69) is 90.2 Å². The number of aliphatic hydroxyl groups is 1. The number of hydrogen-bond donors (Lipinski definition) is 3. The van der Waals surface area contributed by atoms with Gasteiger partial charge in [0, 0.05) is 11.1 Å². The quantitative estimate of drug-likeness (QED) is 0.205. The molecule has 1 amide bonds. The van der Waals surface area contributed by atoms with Crippen molar-refractivity contribution in [1.82, 2.24) is 0 Å². The highest BCUT2D eigenvalue weighted by Crippen LogP contribution is 2.44. The van der Waals surface area contributed by atoms with Gasteiger partial charge in [0.2, 0.25) is 0 Å². The van der Waals surface area contributed by atoms with Crippen LogP contribution in [0.1, 0.15) is 77.0 Å². The van der Waals surface area contributed by atoms with Gasteiger partial charge in [0.1, 0.15) is 0 Å². The first-order valence-corrected chi connectivity index (χ1v) is 14.6. The first-order chi connectivity index (χ1) is 20.1. The summed E-state index contributed by atoms with van der Waals surface area (Å²) < 4.78 is 0. The van der Waals surface area contributed by atoms with Gasteiger partial charge in [0.15, 0.2) is 0 Å². The van der Waals surface area contributed by atoms with Crippen molar-refractivity contribution in [2.75, 3.05) is 5.32 Å². The summed E-state index contributed by atoms with van der Waals surface area (Å²) in [7, 11) is 0. The summed E-state index contributed by atoms with van der Waals surface area (Å²) >= 11 is 0. The van der Waals surface area contributed by atoms with E-state index in [4.69, 9.17) is 15.0 Å². The van der Waals surface area contributed by atoms with E-state index >= 15 is 0 Å². The molecule has 0 fully saturated rings. The first-order valence-electron chi connectivity index (χ1n) is 14.6. The van der Waals surface area contributed by atoms with Gasteiger partial charge in [0.05, 0.1) is 11.3 Å². The maximum Gasteiger partial charge on any atom is 0.290 e. The molecule has 228 valence electrons. The molecule has 0 bridgehead atoms. The largest absolute Gasteiger partial charge is 0.483 e. The lowest BCUT2D eigenvalue weighted by Crippen LogP contribution is -2.15. The number of anilines is 1. The normalized spacial score (nSPS) is 10.6. The average molecular weight is 582 g/mol. The van der Waals surface area contributed by atoms with Gasteiger partial charge in [-0.05, 0) is 137 Å². The molecule has 0 aliphatic carbocycles. The molecular formula is C38H47NO4. The molecule has 0 saturated carbocycles. The molecule has 0 radical (unpaired) electrons. The molecule has 0 unspecified atom stereocenters. The second kappa shape index (κ2) is 15.3. The van der Waals surface area contributed by atoms with Crippen LogP contribution in [0, 0.1) is 41.5 Å². The fraction of sp³-hybridized carbons (Fsp3) is 0.316. The van der Waals surface area contributed by atoms with Gasteiger partial charge in [-0.3, -0.25) is 9.59 Å². The maximum atomic E-state index is 13.3. The third-order valence-corrected chi connectivity index (χ3v) is 7.35. The van der Waals surface area contributed by atoms with Crippen molar-refractivity contribution < 1.29 is 19.8 Å². The lowest BCUT2D eigenvalue weighted by molar-refractivity contribution is -0.122. The molecule has 43 heavy (non-hydrogen) atoms. The molecular weight excluding hydrogens is 534 g/mol. The van der Waals surface area contributed by atoms with Crippen molar-refractivity contribution in [2.24, 2.45) is 0 Å². The number of hydrogen-bond acceptors (Lipinski definition) is 3. The summed E-state index contributed by atoms with van der Waals surface area (Å²) in [6.07, 6.45) is 0.885. The number of carbonyl (C=O) groups is 2. The summed E-state index contributed by atoms with van der Waals surface area (Å²) in [5.74, 6) is -0.0841. The molecule has 0 spiro atoms. The van der Waals surface area contributed by atoms with Crippen LogP contribution < -0.4 is 5.32 Å². The third kappa shape index (κ3) is 9.39. The van der Waals surface area contributed by atoms with Crippen LogP contribution in [0.5, 0.6) is 0 Å². The molecule has 0 saturated heterocycles. The number of carboxylic acid groups (broad SMARTS) is 1. The maximum absolute atomic E-state index is 13.3. The Morgan fingerprint density at radius 1 is 0.744 bits per heavy atom. The van der Waals surface area contributed by atoms with Crippen LogP contribution in [0.2, 0.25) is 0 Å². The van der Waals surface area contributed by atoms with Crippen molar-refractivity contribution in [3.8, 4) is 22.3 Å². The number of nitrogens with one attached hydrogen (secondary N) is 1. The molecule has 0 atom stereocenters. The minimum absolute atomic E-state index is 0.0841. The molecule has 0 heterocycles. The van der Waals surface area contributed by atoms with Gasteiger partial charge in [0.25, 0.3) is 12.4 Å². The van der Waals surface area contributed by atoms with Gasteiger partial charge in [-0.1, -0.05) is 61.5 Å². The van der Waals surface area contributed by atoms with E-state index in [0.29, 0.717) is 5.56 Å². The topological polar surface area (TPSA) is 86.6 Å². The molecule has 4 rings (SSSR count). The van der Waals surface area contributed by atoms with E-state index in [1.807, 2.05) is 30.3 Å². The van der Waals surface area contributed by atoms with Crippen LogP contribution in [0.25, 0.3) is 22.3 Å². The number of benzene rings is 4. The monoisotopic (exact) mass is 581 g/mol. The summed E-state index contributed by atoms with van der Waals surface area (Å²) in [6.45, 7) is 20.1. The van der Waals surface area contributed by atoms with Crippen molar-refractivity contribution in [3.63, 3.8) is 0 Å². The highest BCUT2D eigenvalue weighted by molar-refractivity contribution is 6.08. The van der Waals surface area contributed by atoms with Crippen molar-refractivity contribution in [3.05, 3.63) is 111 Å². The number of amides is 1. The second-order valence-electron chi connectivity index (χ2n) is 11.9. The van der Waals surface area contributed by atoms with Crippen LogP contribution in [-0.4, -0.2) is 28.2 Å². The van der Waals surface area contributed by atoms with E-state index in [1.54, 1.807) is 20.8 Å². The standard InChI is InChI=1S/C33H35NO.C4H10O.CH2O2/c1-8-29-24(6)32(34-33(35)26-12-10-9-11-13-26)31(28-17-15-21(3)23(5)19-28)25(7)30(29)27-16-14-20(2)22(4)18-27;1-4(2,3)5;2-1-3/h9-19H,8H2,1-7H3,(H,34,35);5H,1-3H3;1H,(H,2,3). The molecule has 0 aromatic heterocycles. The van der Waals surface area contributed by atoms with E-state index in [1.165, 1.54) is 44.5 Å². The van der Waals surface area contributed by atoms with Crippen molar-refractivity contribution >= 4 is 18.1 Å². The predicted molar refractivity (Wildman–Crippen MR) is 180 cm³/mol. The Morgan fingerprint density at radius 2 is 1.19 bits per heavy atom. The smallest absolute Gasteiger partial charge is 0.290 e. The van der Waals surface area contributed by atoms with Crippen LogP contribution >= 0.6 is 0 Å². The van der Waals surface area contributed by atoms with Crippen molar-refractivity contribution in [1.29, 1.82) is 0 Å². The van der Waals surface area contributed by atoms with Gasteiger partial charge < -0.3 is 15.5 Å². The number of carbonyl (C=O) groups excluding carboxylic acids is 1. The van der Waals surface area contributed by atoms with Crippen LogP contribution in [0.15, 0.2) is 66.7 Å². The molecule has 3 N–H and O–H groups in total. The highest BCUT2D eigenvalue weighted by atomic mass is 16.3.